The summed E-state index contributed by atoms with van der Waals surface area (Å²) in [5, 5.41) is 11.6. The maximum absolute atomic E-state index is 14.2. The van der Waals surface area contributed by atoms with Gasteiger partial charge >= 0.3 is 0 Å². The van der Waals surface area contributed by atoms with E-state index < -0.39 is 17.5 Å². The molecule has 0 radical (unpaired) electrons. The van der Waals surface area contributed by atoms with E-state index in [4.69, 9.17) is 16.7 Å². The molecular formula is C20H23FN8O. The molecule has 1 unspecified atom stereocenters. The molecule has 1 aliphatic heterocycles. The zero-order valence-electron chi connectivity index (χ0n) is 16.3. The Bertz CT molecular complexity index is 954. The number of rotatable bonds is 4. The van der Waals surface area contributed by atoms with Crippen molar-refractivity contribution >= 4 is 17.7 Å². The standard InChI is InChI=1S/C20H23FN8O/c21-15-4-2-1-3-14(11-15)20(5-9-29(10-6-20)19(24)28-13-22)12-27-18(30)16-17(23)26-8-7-25-16/h1-4,7-8,11,15H,5-6,9-10,12H2,(H2,23,26)(H2,24,28)(H,27,30). The Morgan fingerprint density at radius 2 is 2.10 bits per heavy atom. The van der Waals surface area contributed by atoms with Crippen molar-refractivity contribution in [2.24, 2.45) is 16.1 Å². The number of alkyl halides is 1. The third-order valence-electron chi connectivity index (χ3n) is 5.37. The minimum Gasteiger partial charge on any atom is -0.382 e. The molecule has 1 aliphatic carbocycles. The number of amides is 1. The van der Waals surface area contributed by atoms with E-state index >= 15 is 0 Å². The van der Waals surface area contributed by atoms with E-state index in [-0.39, 0.29) is 24.0 Å². The lowest BCUT2D eigenvalue weighted by Crippen LogP contribution is -2.50. The highest BCUT2D eigenvalue weighted by molar-refractivity contribution is 5.96. The highest BCUT2D eigenvalue weighted by Gasteiger charge is 2.38. The van der Waals surface area contributed by atoms with Crippen LogP contribution in [0.5, 0.6) is 0 Å². The topological polar surface area (TPSA) is 146 Å². The van der Waals surface area contributed by atoms with Gasteiger partial charge in [0, 0.05) is 37.4 Å². The Morgan fingerprint density at radius 1 is 1.37 bits per heavy atom. The van der Waals surface area contributed by atoms with Crippen molar-refractivity contribution in [2.45, 2.75) is 19.0 Å². The molecule has 5 N–H and O–H groups in total. The van der Waals surface area contributed by atoms with Gasteiger partial charge in [-0.15, -0.1) is 4.99 Å². The number of nitriles is 1. The summed E-state index contributed by atoms with van der Waals surface area (Å²) in [6, 6.07) is 0. The molecular weight excluding hydrogens is 387 g/mol. The number of halogens is 1. The molecule has 0 saturated carbocycles. The Balaban J connectivity index is 1.82. The number of anilines is 1. The maximum Gasteiger partial charge on any atom is 0.273 e. The number of carbonyl (C=O) groups excluding carboxylic acids is 1. The van der Waals surface area contributed by atoms with Crippen molar-refractivity contribution in [3.05, 3.63) is 54.0 Å². The molecule has 0 bridgehead atoms. The Morgan fingerprint density at radius 3 is 2.80 bits per heavy atom. The van der Waals surface area contributed by atoms with Crippen molar-refractivity contribution in [3.63, 3.8) is 0 Å². The summed E-state index contributed by atoms with van der Waals surface area (Å²) in [6.07, 6.45) is 12.8. The van der Waals surface area contributed by atoms with Crippen LogP contribution in [0.1, 0.15) is 23.3 Å². The summed E-state index contributed by atoms with van der Waals surface area (Å²) in [4.78, 5) is 25.9. The van der Waals surface area contributed by atoms with Gasteiger partial charge < -0.3 is 21.7 Å². The van der Waals surface area contributed by atoms with Gasteiger partial charge in [0.1, 0.15) is 6.17 Å². The minimum absolute atomic E-state index is 0.0426. The normalized spacial score (nSPS) is 20.8. The number of carbonyl (C=O) groups is 1. The molecule has 0 spiro atoms. The fourth-order valence-corrected chi connectivity index (χ4v) is 3.68. The van der Waals surface area contributed by atoms with Crippen molar-refractivity contribution in [3.8, 4) is 6.19 Å². The number of nitrogen functional groups attached to an aromatic ring is 1. The molecule has 2 heterocycles. The molecule has 3 rings (SSSR count). The number of likely N-dealkylation sites (tertiary alicyclic amines) is 1. The van der Waals surface area contributed by atoms with E-state index in [0.717, 1.165) is 5.57 Å². The van der Waals surface area contributed by atoms with E-state index in [1.54, 1.807) is 29.3 Å². The number of allylic oxidation sites excluding steroid dienone is 5. The number of nitrogens with two attached hydrogens (primary N) is 2. The number of nitrogens with one attached hydrogen (secondary N) is 1. The van der Waals surface area contributed by atoms with Crippen LogP contribution in [0.3, 0.4) is 0 Å². The molecule has 1 aromatic rings. The molecule has 0 aromatic carbocycles. The second kappa shape index (κ2) is 9.17. The monoisotopic (exact) mass is 410 g/mol. The first-order chi connectivity index (χ1) is 14.4. The Labute approximate surface area is 173 Å². The average molecular weight is 410 g/mol. The third-order valence-corrected chi connectivity index (χ3v) is 5.37. The summed E-state index contributed by atoms with van der Waals surface area (Å²) in [6.45, 7) is 1.28. The number of piperidine rings is 1. The molecule has 156 valence electrons. The van der Waals surface area contributed by atoms with Crippen LogP contribution in [0.2, 0.25) is 0 Å². The van der Waals surface area contributed by atoms with Crippen LogP contribution >= 0.6 is 0 Å². The molecule has 1 amide bonds. The van der Waals surface area contributed by atoms with Gasteiger partial charge in [0.05, 0.1) is 0 Å². The highest BCUT2D eigenvalue weighted by Crippen LogP contribution is 2.40. The van der Waals surface area contributed by atoms with Gasteiger partial charge in [0.25, 0.3) is 5.91 Å². The molecule has 1 fully saturated rings. The second-order valence-corrected chi connectivity index (χ2v) is 7.12. The van der Waals surface area contributed by atoms with Crippen molar-refractivity contribution in [1.82, 2.24) is 20.2 Å². The van der Waals surface area contributed by atoms with Crippen LogP contribution in [0.4, 0.5) is 10.2 Å². The third kappa shape index (κ3) is 4.63. The summed E-state index contributed by atoms with van der Waals surface area (Å²) in [7, 11) is 0. The van der Waals surface area contributed by atoms with Gasteiger partial charge in [0.2, 0.25) is 12.2 Å². The fourth-order valence-electron chi connectivity index (χ4n) is 3.68. The van der Waals surface area contributed by atoms with Crippen LogP contribution < -0.4 is 16.8 Å². The second-order valence-electron chi connectivity index (χ2n) is 7.12. The van der Waals surface area contributed by atoms with E-state index in [9.17, 15) is 9.18 Å². The van der Waals surface area contributed by atoms with Gasteiger partial charge in [-0.2, -0.15) is 5.26 Å². The predicted molar refractivity (Wildman–Crippen MR) is 111 cm³/mol. The van der Waals surface area contributed by atoms with E-state index in [1.165, 1.54) is 18.5 Å². The highest BCUT2D eigenvalue weighted by atomic mass is 19.1. The Hall–Kier alpha value is -3.74. The summed E-state index contributed by atoms with van der Waals surface area (Å²) in [5.74, 6) is -0.250. The first kappa shape index (κ1) is 21.0. The molecule has 1 saturated heterocycles. The van der Waals surface area contributed by atoms with Crippen LogP contribution in [0.15, 0.2) is 53.3 Å². The maximum atomic E-state index is 14.2. The summed E-state index contributed by atoms with van der Waals surface area (Å²) < 4.78 is 14.2. The smallest absolute Gasteiger partial charge is 0.273 e. The van der Waals surface area contributed by atoms with Crippen LogP contribution in [-0.4, -0.2) is 52.5 Å². The SMILES string of the molecule is N#CN=C(N)N1CCC(CNC(=O)c2nccnc2N)(C2=CC(F)C=CC=C2)CC1. The summed E-state index contributed by atoms with van der Waals surface area (Å²) >= 11 is 0. The quantitative estimate of drug-likeness (QED) is 0.382. The predicted octanol–water partition coefficient (Wildman–Crippen LogP) is 1.06. The minimum atomic E-state index is -1.22. The van der Waals surface area contributed by atoms with Crippen LogP contribution in [-0.2, 0) is 0 Å². The zero-order chi connectivity index (χ0) is 21.6. The molecule has 30 heavy (non-hydrogen) atoms. The van der Waals surface area contributed by atoms with Crippen LogP contribution in [0.25, 0.3) is 0 Å². The average Bonchev–Trinajstić information content (AvgIpc) is 2.97. The first-order valence-electron chi connectivity index (χ1n) is 9.48. The lowest BCUT2D eigenvalue weighted by molar-refractivity contribution is 0.0914. The number of nitrogens with zero attached hydrogens (tertiary/aromatic N) is 5. The van der Waals surface area contributed by atoms with Gasteiger partial charge in [-0.3, -0.25) is 4.79 Å². The summed E-state index contributed by atoms with van der Waals surface area (Å²) in [5.41, 5.74) is 11.9. The first-order valence-corrected chi connectivity index (χ1v) is 9.48. The fraction of sp³-hybridized carbons (Fsp3) is 0.350. The largest absolute Gasteiger partial charge is 0.382 e. The van der Waals surface area contributed by atoms with Gasteiger partial charge in [-0.05, 0) is 30.6 Å². The van der Waals surface area contributed by atoms with Crippen molar-refractivity contribution < 1.29 is 9.18 Å². The molecule has 10 heteroatoms. The molecule has 1 aromatic heterocycles. The lowest BCUT2D eigenvalue weighted by atomic mass is 9.71. The number of aliphatic imine (C=N–C) groups is 1. The molecule has 1 atom stereocenters. The van der Waals surface area contributed by atoms with Gasteiger partial charge in [0.15, 0.2) is 11.5 Å². The van der Waals surface area contributed by atoms with E-state index in [1.807, 2.05) is 6.08 Å². The molecule has 9 nitrogen and oxygen atoms in total. The zero-order valence-corrected chi connectivity index (χ0v) is 16.3. The molecule has 2 aliphatic rings. The lowest BCUT2D eigenvalue weighted by Gasteiger charge is -2.43. The van der Waals surface area contributed by atoms with E-state index in [2.05, 4.69) is 20.3 Å². The van der Waals surface area contributed by atoms with Gasteiger partial charge in [-0.25, -0.2) is 14.4 Å². The Kier molecular flexibility index (Phi) is 6.41. The van der Waals surface area contributed by atoms with Crippen molar-refractivity contribution in [2.75, 3.05) is 25.4 Å². The number of guanidine groups is 1. The van der Waals surface area contributed by atoms with Crippen molar-refractivity contribution in [1.29, 1.82) is 5.26 Å². The number of hydrogen-bond acceptors (Lipinski definition) is 6. The number of aromatic nitrogens is 2. The van der Waals surface area contributed by atoms with Crippen LogP contribution in [0, 0.1) is 16.9 Å². The van der Waals surface area contributed by atoms with E-state index in [0.29, 0.717) is 25.9 Å². The number of hydrogen-bond donors (Lipinski definition) is 3. The van der Waals surface area contributed by atoms with Gasteiger partial charge in [-0.1, -0.05) is 18.2 Å².